The van der Waals surface area contributed by atoms with Gasteiger partial charge in [-0.2, -0.15) is 9.78 Å². The number of aromatic nitrogens is 4. The average molecular weight is 266 g/mol. The molecule has 0 aromatic carbocycles. The van der Waals surface area contributed by atoms with E-state index in [1.165, 1.54) is 0 Å². The fraction of sp³-hybridized carbons (Fsp3) is 0. The maximum Gasteiger partial charge on any atom is 0.432 e. The molecule has 1 N–H and O–H groups in total. The van der Waals surface area contributed by atoms with Crippen LogP contribution in [0.4, 0.5) is 4.79 Å². The molecule has 0 atom stereocenters. The maximum atomic E-state index is 11.3. The second kappa shape index (κ2) is 4.93. The maximum absolute atomic E-state index is 11.3. The third-order valence-electron chi connectivity index (χ3n) is 2.75. The Labute approximate surface area is 114 Å². The number of pyridine rings is 2. The molecule has 3 heterocycles. The molecule has 6 heteroatoms. The van der Waals surface area contributed by atoms with Gasteiger partial charge in [-0.05, 0) is 30.3 Å². The zero-order chi connectivity index (χ0) is 13.9. The van der Waals surface area contributed by atoms with Crippen molar-refractivity contribution >= 4 is 6.09 Å². The molecular formula is C14H10N4O2. The predicted molar refractivity (Wildman–Crippen MR) is 72.1 cm³/mol. The minimum Gasteiger partial charge on any atom is -0.463 e. The number of nitrogens with zero attached hydrogens (tertiary/aromatic N) is 4. The van der Waals surface area contributed by atoms with Crippen molar-refractivity contribution in [2.24, 2.45) is 0 Å². The summed E-state index contributed by atoms with van der Waals surface area (Å²) in [6, 6.07) is 12.3. The van der Waals surface area contributed by atoms with Gasteiger partial charge in [0.2, 0.25) is 0 Å². The van der Waals surface area contributed by atoms with Gasteiger partial charge >= 0.3 is 6.09 Å². The zero-order valence-electron chi connectivity index (χ0n) is 10.3. The van der Waals surface area contributed by atoms with Gasteiger partial charge < -0.3 is 5.11 Å². The molecule has 98 valence electrons. The van der Waals surface area contributed by atoms with Gasteiger partial charge in [0.15, 0.2) is 0 Å². The molecule has 3 aromatic heterocycles. The second-order valence-corrected chi connectivity index (χ2v) is 4.04. The highest BCUT2D eigenvalue weighted by Gasteiger charge is 2.16. The number of rotatable bonds is 2. The molecule has 3 aromatic rings. The molecule has 0 fully saturated rings. The fourth-order valence-electron chi connectivity index (χ4n) is 1.86. The number of carbonyl (C=O) groups is 1. The SMILES string of the molecule is O=C(O)n1nc(-c2ccccn2)cc1-c1ccccn1. The summed E-state index contributed by atoms with van der Waals surface area (Å²) in [5.74, 6) is 0. The molecule has 0 aliphatic heterocycles. The summed E-state index contributed by atoms with van der Waals surface area (Å²) < 4.78 is 0.909. The van der Waals surface area contributed by atoms with Gasteiger partial charge in [-0.25, -0.2) is 4.79 Å². The summed E-state index contributed by atoms with van der Waals surface area (Å²) in [7, 11) is 0. The van der Waals surface area contributed by atoms with Gasteiger partial charge in [-0.15, -0.1) is 0 Å². The van der Waals surface area contributed by atoms with Crippen LogP contribution in [0.15, 0.2) is 54.9 Å². The van der Waals surface area contributed by atoms with Crippen molar-refractivity contribution in [1.29, 1.82) is 0 Å². The van der Waals surface area contributed by atoms with Crippen LogP contribution in [0.3, 0.4) is 0 Å². The Morgan fingerprint density at radius 3 is 2.15 bits per heavy atom. The molecule has 0 spiro atoms. The van der Waals surface area contributed by atoms with Gasteiger partial charge in [0.05, 0.1) is 17.1 Å². The van der Waals surface area contributed by atoms with Crippen LogP contribution in [-0.4, -0.2) is 30.9 Å². The van der Waals surface area contributed by atoms with Crippen molar-refractivity contribution in [3.63, 3.8) is 0 Å². The van der Waals surface area contributed by atoms with E-state index in [4.69, 9.17) is 0 Å². The lowest BCUT2D eigenvalue weighted by Crippen LogP contribution is -2.11. The lowest BCUT2D eigenvalue weighted by atomic mass is 10.2. The van der Waals surface area contributed by atoms with E-state index in [0.29, 0.717) is 22.8 Å². The molecule has 0 bridgehead atoms. The molecule has 0 saturated heterocycles. The first-order valence-electron chi connectivity index (χ1n) is 5.92. The molecule has 0 aliphatic rings. The van der Waals surface area contributed by atoms with Crippen molar-refractivity contribution in [3.8, 4) is 22.8 Å². The highest BCUT2D eigenvalue weighted by atomic mass is 16.4. The Kier molecular flexibility index (Phi) is 2.96. The van der Waals surface area contributed by atoms with E-state index in [2.05, 4.69) is 15.1 Å². The van der Waals surface area contributed by atoms with Gasteiger partial charge in [0.1, 0.15) is 5.69 Å². The Balaban J connectivity index is 2.15. The van der Waals surface area contributed by atoms with Crippen molar-refractivity contribution in [1.82, 2.24) is 19.7 Å². The van der Waals surface area contributed by atoms with Crippen LogP contribution in [0, 0.1) is 0 Å². The fourth-order valence-corrected chi connectivity index (χ4v) is 1.86. The van der Waals surface area contributed by atoms with Crippen LogP contribution >= 0.6 is 0 Å². The van der Waals surface area contributed by atoms with E-state index in [1.54, 1.807) is 48.8 Å². The molecule has 20 heavy (non-hydrogen) atoms. The van der Waals surface area contributed by atoms with Crippen LogP contribution < -0.4 is 0 Å². The highest BCUT2D eigenvalue weighted by Crippen LogP contribution is 2.23. The standard InChI is InChI=1S/C14H10N4O2/c19-14(20)18-13(11-6-2-4-8-16-11)9-12(17-18)10-5-1-3-7-15-10/h1-9H,(H,19,20). The largest absolute Gasteiger partial charge is 0.463 e. The molecule has 0 unspecified atom stereocenters. The van der Waals surface area contributed by atoms with Crippen molar-refractivity contribution in [2.45, 2.75) is 0 Å². The predicted octanol–water partition coefficient (Wildman–Crippen LogP) is 2.53. The lowest BCUT2D eigenvalue weighted by molar-refractivity contribution is 0.193. The first-order valence-corrected chi connectivity index (χ1v) is 5.92. The van der Waals surface area contributed by atoms with E-state index in [0.717, 1.165) is 4.68 Å². The Hall–Kier alpha value is -3.02. The van der Waals surface area contributed by atoms with Gasteiger partial charge in [0, 0.05) is 12.4 Å². The lowest BCUT2D eigenvalue weighted by Gasteiger charge is -1.99. The molecular weight excluding hydrogens is 256 g/mol. The van der Waals surface area contributed by atoms with E-state index in [-0.39, 0.29) is 0 Å². The highest BCUT2D eigenvalue weighted by molar-refractivity contribution is 5.77. The summed E-state index contributed by atoms with van der Waals surface area (Å²) in [6.07, 6.45) is 2.08. The Morgan fingerprint density at radius 1 is 0.950 bits per heavy atom. The van der Waals surface area contributed by atoms with Crippen LogP contribution in [0.25, 0.3) is 22.8 Å². The smallest absolute Gasteiger partial charge is 0.432 e. The number of carboxylic acid groups (broad SMARTS) is 1. The zero-order valence-corrected chi connectivity index (χ0v) is 10.3. The second-order valence-electron chi connectivity index (χ2n) is 4.04. The monoisotopic (exact) mass is 266 g/mol. The molecule has 3 rings (SSSR count). The Morgan fingerprint density at radius 2 is 1.60 bits per heavy atom. The Bertz CT molecular complexity index is 738. The average Bonchev–Trinajstić information content (AvgIpc) is 2.94. The summed E-state index contributed by atoms with van der Waals surface area (Å²) in [4.78, 5) is 19.6. The summed E-state index contributed by atoms with van der Waals surface area (Å²) in [5, 5.41) is 13.3. The minimum atomic E-state index is -1.16. The van der Waals surface area contributed by atoms with E-state index >= 15 is 0 Å². The molecule has 6 nitrogen and oxygen atoms in total. The van der Waals surface area contributed by atoms with Crippen LogP contribution in [0.1, 0.15) is 0 Å². The quantitative estimate of drug-likeness (QED) is 0.770. The first-order chi connectivity index (χ1) is 9.75. The van der Waals surface area contributed by atoms with Crippen molar-refractivity contribution in [3.05, 3.63) is 54.9 Å². The van der Waals surface area contributed by atoms with E-state index in [1.807, 2.05) is 6.07 Å². The van der Waals surface area contributed by atoms with Crippen molar-refractivity contribution in [2.75, 3.05) is 0 Å². The van der Waals surface area contributed by atoms with Gasteiger partial charge in [0.25, 0.3) is 0 Å². The molecule has 0 amide bonds. The first kappa shape index (κ1) is 12.0. The summed E-state index contributed by atoms with van der Waals surface area (Å²) in [6.45, 7) is 0. The van der Waals surface area contributed by atoms with E-state index in [9.17, 15) is 9.90 Å². The number of hydrogen-bond acceptors (Lipinski definition) is 4. The minimum absolute atomic E-state index is 0.416. The van der Waals surface area contributed by atoms with Crippen LogP contribution in [-0.2, 0) is 0 Å². The van der Waals surface area contributed by atoms with Crippen LogP contribution in [0.2, 0.25) is 0 Å². The topological polar surface area (TPSA) is 80.9 Å². The third kappa shape index (κ3) is 2.14. The van der Waals surface area contributed by atoms with Crippen molar-refractivity contribution < 1.29 is 9.90 Å². The normalized spacial score (nSPS) is 10.4. The van der Waals surface area contributed by atoms with Crippen LogP contribution in [0.5, 0.6) is 0 Å². The third-order valence-corrected chi connectivity index (χ3v) is 2.75. The molecule has 0 radical (unpaired) electrons. The molecule has 0 saturated carbocycles. The molecule has 0 aliphatic carbocycles. The van der Waals surface area contributed by atoms with E-state index < -0.39 is 6.09 Å². The van der Waals surface area contributed by atoms with Gasteiger partial charge in [-0.1, -0.05) is 12.1 Å². The van der Waals surface area contributed by atoms with Gasteiger partial charge in [-0.3, -0.25) is 9.97 Å². The summed E-state index contributed by atoms with van der Waals surface area (Å²) in [5.41, 5.74) is 2.07. The summed E-state index contributed by atoms with van der Waals surface area (Å²) >= 11 is 0. The number of hydrogen-bond donors (Lipinski definition) is 1.